The monoisotopic (exact) mass is 468 g/mol. The highest BCUT2D eigenvalue weighted by Crippen LogP contribution is 2.31. The number of pyridine rings is 1. The predicted molar refractivity (Wildman–Crippen MR) is 120 cm³/mol. The Kier molecular flexibility index (Phi) is 6.13. The summed E-state index contributed by atoms with van der Waals surface area (Å²) < 4.78 is 40.0. The molecule has 34 heavy (non-hydrogen) atoms. The van der Waals surface area contributed by atoms with Crippen LogP contribution in [-0.4, -0.2) is 25.7 Å². The van der Waals surface area contributed by atoms with Gasteiger partial charge in [-0.1, -0.05) is 18.2 Å². The summed E-state index contributed by atoms with van der Waals surface area (Å²) in [5, 5.41) is 25.4. The van der Waals surface area contributed by atoms with Crippen LogP contribution in [0.1, 0.15) is 21.5 Å². The molecule has 4 N–H and O–H groups in total. The van der Waals surface area contributed by atoms with Crippen molar-refractivity contribution < 1.29 is 28.2 Å². The van der Waals surface area contributed by atoms with Crippen LogP contribution in [0.25, 0.3) is 5.82 Å². The fourth-order valence-corrected chi connectivity index (χ4v) is 3.35. The van der Waals surface area contributed by atoms with Crippen molar-refractivity contribution in [2.45, 2.75) is 12.7 Å². The summed E-state index contributed by atoms with van der Waals surface area (Å²) in [5.41, 5.74) is 0.627. The average molecular weight is 468 g/mol. The number of halogens is 3. The van der Waals surface area contributed by atoms with Crippen molar-refractivity contribution in [2.75, 3.05) is 10.6 Å². The standard InChI is InChI=1S/C24H19F3N4O3/c25-24(26,27)16-4-3-5-17(13-16)30-23(34)18-6-1-2-7-19(18)29-14-15-10-11-28-20(12-15)31-21(32)8-9-22(31)33/h1-13,29,32-33H,14H2,(H,30,34). The molecule has 0 atom stereocenters. The minimum Gasteiger partial charge on any atom is -0.494 e. The number of para-hydroxylation sites is 1. The molecule has 10 heteroatoms. The van der Waals surface area contributed by atoms with Crippen LogP contribution in [0.5, 0.6) is 11.8 Å². The largest absolute Gasteiger partial charge is 0.494 e. The minimum atomic E-state index is -4.52. The van der Waals surface area contributed by atoms with Gasteiger partial charge in [0.05, 0.1) is 11.1 Å². The summed E-state index contributed by atoms with van der Waals surface area (Å²) in [5.74, 6) is -0.617. The van der Waals surface area contributed by atoms with Crippen LogP contribution < -0.4 is 10.6 Å². The first-order chi connectivity index (χ1) is 16.2. The lowest BCUT2D eigenvalue weighted by molar-refractivity contribution is -0.137. The number of benzene rings is 2. The molecule has 4 rings (SSSR count). The zero-order valence-corrected chi connectivity index (χ0v) is 17.5. The Hall–Kier alpha value is -4.47. The molecule has 0 fully saturated rings. The third-order valence-electron chi connectivity index (χ3n) is 4.98. The highest BCUT2D eigenvalue weighted by molar-refractivity contribution is 6.08. The molecule has 0 saturated carbocycles. The zero-order chi connectivity index (χ0) is 24.3. The number of aromatic hydroxyl groups is 2. The maximum atomic E-state index is 13.0. The highest BCUT2D eigenvalue weighted by atomic mass is 19.4. The number of alkyl halides is 3. The number of carbonyl (C=O) groups excluding carboxylic acids is 1. The van der Waals surface area contributed by atoms with Gasteiger partial charge in [-0.15, -0.1) is 0 Å². The second-order valence-electron chi connectivity index (χ2n) is 7.34. The molecule has 2 aromatic heterocycles. The number of amides is 1. The highest BCUT2D eigenvalue weighted by Gasteiger charge is 2.30. The van der Waals surface area contributed by atoms with E-state index in [9.17, 15) is 28.2 Å². The zero-order valence-electron chi connectivity index (χ0n) is 17.5. The molecule has 0 saturated heterocycles. The SMILES string of the molecule is O=C(Nc1cccc(C(F)(F)F)c1)c1ccccc1NCc1ccnc(-n2c(O)ccc2O)c1. The smallest absolute Gasteiger partial charge is 0.416 e. The van der Waals surface area contributed by atoms with Crippen LogP contribution in [0.3, 0.4) is 0 Å². The molecule has 2 heterocycles. The summed E-state index contributed by atoms with van der Waals surface area (Å²) in [6.45, 7) is 0.270. The van der Waals surface area contributed by atoms with E-state index in [0.29, 0.717) is 11.5 Å². The van der Waals surface area contributed by atoms with E-state index in [1.807, 2.05) is 0 Å². The normalized spacial score (nSPS) is 11.3. The molecule has 4 aromatic rings. The number of nitrogens with one attached hydrogen (secondary N) is 2. The second kappa shape index (κ2) is 9.18. The summed E-state index contributed by atoms with van der Waals surface area (Å²) >= 11 is 0. The van der Waals surface area contributed by atoms with E-state index in [1.54, 1.807) is 36.4 Å². The molecule has 0 aliphatic carbocycles. The number of hydrogen-bond acceptors (Lipinski definition) is 5. The van der Waals surface area contributed by atoms with E-state index in [1.165, 1.54) is 35.0 Å². The maximum Gasteiger partial charge on any atom is 0.416 e. The molecule has 0 aliphatic rings. The van der Waals surface area contributed by atoms with Crippen molar-refractivity contribution in [3.05, 3.63) is 95.7 Å². The van der Waals surface area contributed by atoms with Crippen molar-refractivity contribution in [1.29, 1.82) is 0 Å². The van der Waals surface area contributed by atoms with Gasteiger partial charge in [-0.25, -0.2) is 9.55 Å². The number of carbonyl (C=O) groups is 1. The first kappa shape index (κ1) is 22.7. The van der Waals surface area contributed by atoms with Gasteiger partial charge in [-0.3, -0.25) is 4.79 Å². The van der Waals surface area contributed by atoms with E-state index < -0.39 is 17.6 Å². The molecule has 2 aromatic carbocycles. The minimum absolute atomic E-state index is 0.0275. The van der Waals surface area contributed by atoms with Gasteiger partial charge < -0.3 is 20.8 Å². The van der Waals surface area contributed by atoms with Gasteiger partial charge in [0.15, 0.2) is 11.8 Å². The van der Waals surface area contributed by atoms with Gasteiger partial charge in [-0.05, 0) is 48.0 Å². The van der Waals surface area contributed by atoms with Crippen LogP contribution in [0.4, 0.5) is 24.5 Å². The van der Waals surface area contributed by atoms with E-state index in [2.05, 4.69) is 15.6 Å². The second-order valence-corrected chi connectivity index (χ2v) is 7.34. The van der Waals surface area contributed by atoms with Gasteiger partial charge in [0, 0.05) is 36.2 Å². The fourth-order valence-electron chi connectivity index (χ4n) is 3.35. The molecule has 0 unspecified atom stereocenters. The van der Waals surface area contributed by atoms with Crippen LogP contribution in [0.2, 0.25) is 0 Å². The van der Waals surface area contributed by atoms with Gasteiger partial charge in [0.25, 0.3) is 5.91 Å². The maximum absolute atomic E-state index is 13.0. The van der Waals surface area contributed by atoms with Gasteiger partial charge >= 0.3 is 6.18 Å². The van der Waals surface area contributed by atoms with E-state index in [-0.39, 0.29) is 29.6 Å². The molecule has 0 aliphatic heterocycles. The van der Waals surface area contributed by atoms with Crippen molar-refractivity contribution in [1.82, 2.24) is 9.55 Å². The predicted octanol–water partition coefficient (Wildman–Crippen LogP) is 5.17. The van der Waals surface area contributed by atoms with Crippen molar-refractivity contribution in [3.63, 3.8) is 0 Å². The summed E-state index contributed by atoms with van der Waals surface area (Å²) in [7, 11) is 0. The Morgan fingerprint density at radius 3 is 2.41 bits per heavy atom. The molecule has 1 amide bonds. The van der Waals surface area contributed by atoms with Crippen molar-refractivity contribution in [3.8, 4) is 17.6 Å². The summed E-state index contributed by atoms with van der Waals surface area (Å²) in [6.07, 6.45) is -3.00. The molecule has 0 radical (unpaired) electrons. The molecule has 7 nitrogen and oxygen atoms in total. The molecule has 174 valence electrons. The van der Waals surface area contributed by atoms with Gasteiger partial charge in [-0.2, -0.15) is 13.2 Å². The van der Waals surface area contributed by atoms with E-state index >= 15 is 0 Å². The Balaban J connectivity index is 1.51. The number of nitrogens with zero attached hydrogens (tertiary/aromatic N) is 2. The lowest BCUT2D eigenvalue weighted by atomic mass is 10.1. The summed E-state index contributed by atoms with van der Waals surface area (Å²) in [6, 6.07) is 17.1. The Labute approximate surface area is 192 Å². The van der Waals surface area contributed by atoms with E-state index in [0.717, 1.165) is 17.7 Å². The Morgan fingerprint density at radius 1 is 0.941 bits per heavy atom. The summed E-state index contributed by atoms with van der Waals surface area (Å²) in [4.78, 5) is 16.9. The first-order valence-electron chi connectivity index (χ1n) is 10.1. The Bertz CT molecular complexity index is 1320. The molecular formula is C24H19F3N4O3. The number of aromatic nitrogens is 2. The van der Waals surface area contributed by atoms with Crippen LogP contribution in [0, 0.1) is 0 Å². The number of rotatable bonds is 6. The van der Waals surface area contributed by atoms with Gasteiger partial charge in [0.2, 0.25) is 0 Å². The molecule has 0 spiro atoms. The van der Waals surface area contributed by atoms with Crippen LogP contribution >= 0.6 is 0 Å². The lowest BCUT2D eigenvalue weighted by Gasteiger charge is -2.14. The quantitative estimate of drug-likeness (QED) is 0.313. The topological polar surface area (TPSA) is 99.4 Å². The van der Waals surface area contributed by atoms with Gasteiger partial charge in [0.1, 0.15) is 5.82 Å². The van der Waals surface area contributed by atoms with Crippen LogP contribution in [0.15, 0.2) is 79.0 Å². The molecular weight excluding hydrogens is 449 g/mol. The van der Waals surface area contributed by atoms with Crippen LogP contribution in [-0.2, 0) is 12.7 Å². The first-order valence-corrected chi connectivity index (χ1v) is 10.1. The average Bonchev–Trinajstić information content (AvgIpc) is 3.15. The third kappa shape index (κ3) is 4.96. The Morgan fingerprint density at radius 2 is 1.68 bits per heavy atom. The fraction of sp³-hybridized carbons (Fsp3) is 0.0833. The number of hydrogen-bond donors (Lipinski definition) is 4. The van der Waals surface area contributed by atoms with Crippen molar-refractivity contribution >= 4 is 17.3 Å². The molecule has 0 bridgehead atoms. The number of anilines is 2. The lowest BCUT2D eigenvalue weighted by Crippen LogP contribution is -2.15. The van der Waals surface area contributed by atoms with E-state index in [4.69, 9.17) is 0 Å². The third-order valence-corrected chi connectivity index (χ3v) is 4.98. The van der Waals surface area contributed by atoms with Crippen molar-refractivity contribution in [2.24, 2.45) is 0 Å².